The summed E-state index contributed by atoms with van der Waals surface area (Å²) < 4.78 is 0. The van der Waals surface area contributed by atoms with Crippen LogP contribution in [0.3, 0.4) is 0 Å². The maximum absolute atomic E-state index is 13.0. The number of aryl methyl sites for hydroxylation is 3. The number of hydrogen-bond acceptors (Lipinski definition) is 4. The van der Waals surface area contributed by atoms with E-state index in [9.17, 15) is 4.79 Å². The average Bonchev–Trinajstić information content (AvgIpc) is 3.25. The third kappa shape index (κ3) is 4.31. The second-order valence-corrected chi connectivity index (χ2v) is 9.80. The third-order valence-electron chi connectivity index (χ3n) is 6.35. The van der Waals surface area contributed by atoms with E-state index >= 15 is 0 Å². The minimum Gasteiger partial charge on any atom is -0.337 e. The molecule has 1 aromatic heterocycles. The molecule has 5 heteroatoms. The second kappa shape index (κ2) is 8.34. The molecule has 1 spiro atoms. The number of likely N-dealkylation sites (tertiary alicyclic amines) is 2. The van der Waals surface area contributed by atoms with Crippen molar-refractivity contribution in [3.05, 3.63) is 51.5 Å². The van der Waals surface area contributed by atoms with Crippen molar-refractivity contribution in [2.24, 2.45) is 5.41 Å². The highest BCUT2D eigenvalue weighted by Gasteiger charge is 2.43. The Hall–Kier alpha value is -1.72. The molecule has 3 heterocycles. The predicted octanol–water partition coefficient (Wildman–Crippen LogP) is 4.32. The van der Waals surface area contributed by atoms with Crippen LogP contribution in [-0.4, -0.2) is 53.4 Å². The molecule has 1 atom stereocenters. The first-order valence-electron chi connectivity index (χ1n) is 10.5. The molecule has 0 aliphatic carbocycles. The number of aromatic nitrogens is 1. The van der Waals surface area contributed by atoms with Crippen molar-refractivity contribution in [2.75, 3.05) is 32.7 Å². The zero-order valence-corrected chi connectivity index (χ0v) is 17.9. The molecule has 4 nitrogen and oxygen atoms in total. The highest BCUT2D eigenvalue weighted by molar-refractivity contribution is 7.13. The van der Waals surface area contributed by atoms with E-state index in [1.165, 1.54) is 31.4 Å². The van der Waals surface area contributed by atoms with Crippen molar-refractivity contribution < 1.29 is 4.79 Å². The zero-order valence-electron chi connectivity index (χ0n) is 17.1. The van der Waals surface area contributed by atoms with Crippen LogP contribution in [0.5, 0.6) is 0 Å². The largest absolute Gasteiger partial charge is 0.337 e. The molecule has 2 fully saturated rings. The van der Waals surface area contributed by atoms with Crippen LogP contribution in [0.2, 0.25) is 0 Å². The van der Waals surface area contributed by atoms with Crippen LogP contribution in [-0.2, 0) is 6.42 Å². The predicted molar refractivity (Wildman–Crippen MR) is 115 cm³/mol. The summed E-state index contributed by atoms with van der Waals surface area (Å²) in [6, 6.07) is 10.8. The van der Waals surface area contributed by atoms with Gasteiger partial charge in [0.1, 0.15) is 4.88 Å². The number of rotatable bonds is 5. The zero-order chi connectivity index (χ0) is 19.6. The average molecular weight is 398 g/mol. The van der Waals surface area contributed by atoms with Gasteiger partial charge in [0, 0.05) is 25.0 Å². The Morgan fingerprint density at radius 3 is 2.71 bits per heavy atom. The minimum atomic E-state index is 0.196. The van der Waals surface area contributed by atoms with Crippen LogP contribution >= 0.6 is 11.3 Å². The highest BCUT2D eigenvalue weighted by Crippen LogP contribution is 2.40. The summed E-state index contributed by atoms with van der Waals surface area (Å²) in [7, 11) is 0. The molecular formula is C23H31N3OS. The van der Waals surface area contributed by atoms with Crippen LogP contribution in [0.15, 0.2) is 30.3 Å². The first-order valence-corrected chi connectivity index (χ1v) is 11.4. The normalized spacial score (nSPS) is 22.9. The van der Waals surface area contributed by atoms with E-state index in [0.717, 1.165) is 54.6 Å². The van der Waals surface area contributed by atoms with Crippen LogP contribution < -0.4 is 0 Å². The standard InChI is InChI=1S/C23H31N3OS/c1-18-21(28-19(2)24-18)22(27)26-15-12-23(17-26)11-7-14-25(16-23)13-6-10-20-8-4-3-5-9-20/h3-5,8-9H,6-7,10-17H2,1-2H3/t23-/m0/s1. The third-order valence-corrected chi connectivity index (χ3v) is 7.41. The van der Waals surface area contributed by atoms with Crippen LogP contribution in [0.25, 0.3) is 0 Å². The Labute approximate surface area is 172 Å². The number of piperidine rings is 1. The van der Waals surface area contributed by atoms with E-state index < -0.39 is 0 Å². The maximum atomic E-state index is 13.0. The molecule has 2 aromatic rings. The Morgan fingerprint density at radius 2 is 1.96 bits per heavy atom. The van der Waals surface area contributed by atoms with Crippen LogP contribution in [0.1, 0.15) is 51.6 Å². The second-order valence-electron chi connectivity index (χ2n) is 8.59. The van der Waals surface area contributed by atoms with Gasteiger partial charge in [-0.3, -0.25) is 4.79 Å². The molecule has 2 saturated heterocycles. The number of carbonyl (C=O) groups excluding carboxylic acids is 1. The van der Waals surface area contributed by atoms with Crippen molar-refractivity contribution in [1.29, 1.82) is 0 Å². The van der Waals surface area contributed by atoms with Gasteiger partial charge in [0.05, 0.1) is 10.7 Å². The molecule has 0 N–H and O–H groups in total. The maximum Gasteiger partial charge on any atom is 0.265 e. The lowest BCUT2D eigenvalue weighted by molar-refractivity contribution is 0.0691. The van der Waals surface area contributed by atoms with Gasteiger partial charge in [-0.1, -0.05) is 30.3 Å². The fourth-order valence-electron chi connectivity index (χ4n) is 4.97. The van der Waals surface area contributed by atoms with Gasteiger partial charge >= 0.3 is 0 Å². The van der Waals surface area contributed by atoms with Gasteiger partial charge in [0.15, 0.2) is 0 Å². The van der Waals surface area contributed by atoms with Gasteiger partial charge < -0.3 is 9.80 Å². The fourth-order valence-corrected chi connectivity index (χ4v) is 5.86. The van der Waals surface area contributed by atoms with Crippen molar-refractivity contribution in [3.8, 4) is 0 Å². The summed E-state index contributed by atoms with van der Waals surface area (Å²) in [6.07, 6.45) is 6.02. The summed E-state index contributed by atoms with van der Waals surface area (Å²) in [5, 5.41) is 0.983. The molecule has 0 radical (unpaired) electrons. The molecule has 0 saturated carbocycles. The number of benzene rings is 1. The van der Waals surface area contributed by atoms with E-state index in [4.69, 9.17) is 0 Å². The number of hydrogen-bond donors (Lipinski definition) is 0. The molecule has 4 rings (SSSR count). The topological polar surface area (TPSA) is 36.4 Å². The molecule has 2 aliphatic rings. The lowest BCUT2D eigenvalue weighted by atomic mass is 9.79. The van der Waals surface area contributed by atoms with Gasteiger partial charge in [0.25, 0.3) is 5.91 Å². The monoisotopic (exact) mass is 397 g/mol. The molecule has 28 heavy (non-hydrogen) atoms. The first kappa shape index (κ1) is 19.6. The van der Waals surface area contributed by atoms with E-state index in [0.29, 0.717) is 5.41 Å². The number of thiazole rings is 1. The van der Waals surface area contributed by atoms with E-state index in [1.54, 1.807) is 11.3 Å². The number of amides is 1. The van der Waals surface area contributed by atoms with Crippen molar-refractivity contribution >= 4 is 17.2 Å². The fraction of sp³-hybridized carbons (Fsp3) is 0.565. The summed E-state index contributed by atoms with van der Waals surface area (Å²) in [5.74, 6) is 0.196. The molecule has 2 aliphatic heterocycles. The van der Waals surface area contributed by atoms with Crippen LogP contribution in [0.4, 0.5) is 0 Å². The SMILES string of the molecule is Cc1nc(C)c(C(=O)N2CC[C@]3(CCCN(CCCc4ccccc4)C3)C2)s1. The number of carbonyl (C=O) groups is 1. The van der Waals surface area contributed by atoms with Gasteiger partial charge in [-0.25, -0.2) is 4.98 Å². The summed E-state index contributed by atoms with van der Waals surface area (Å²) >= 11 is 1.54. The minimum absolute atomic E-state index is 0.196. The summed E-state index contributed by atoms with van der Waals surface area (Å²) in [4.78, 5) is 23.0. The van der Waals surface area contributed by atoms with E-state index in [-0.39, 0.29) is 5.91 Å². The van der Waals surface area contributed by atoms with Crippen molar-refractivity contribution in [1.82, 2.24) is 14.8 Å². The molecule has 1 amide bonds. The van der Waals surface area contributed by atoms with Gasteiger partial charge in [-0.15, -0.1) is 11.3 Å². The van der Waals surface area contributed by atoms with E-state index in [2.05, 4.69) is 45.1 Å². The van der Waals surface area contributed by atoms with Gasteiger partial charge in [-0.05, 0) is 64.6 Å². The molecule has 0 bridgehead atoms. The van der Waals surface area contributed by atoms with Gasteiger partial charge in [0.2, 0.25) is 0 Å². The van der Waals surface area contributed by atoms with Crippen molar-refractivity contribution in [3.63, 3.8) is 0 Å². The quantitative estimate of drug-likeness (QED) is 0.754. The van der Waals surface area contributed by atoms with Crippen LogP contribution in [0, 0.1) is 19.3 Å². The molecule has 0 unspecified atom stereocenters. The Balaban J connectivity index is 1.32. The number of nitrogens with zero attached hydrogens (tertiary/aromatic N) is 3. The molecule has 1 aromatic carbocycles. The lowest BCUT2D eigenvalue weighted by Crippen LogP contribution is -2.45. The summed E-state index contributed by atoms with van der Waals surface area (Å²) in [6.45, 7) is 9.26. The van der Waals surface area contributed by atoms with Crippen molar-refractivity contribution in [2.45, 2.75) is 46.0 Å². The highest BCUT2D eigenvalue weighted by atomic mass is 32.1. The first-order chi connectivity index (χ1) is 13.5. The van der Waals surface area contributed by atoms with Gasteiger partial charge in [-0.2, -0.15) is 0 Å². The molecular weight excluding hydrogens is 366 g/mol. The Morgan fingerprint density at radius 1 is 1.14 bits per heavy atom. The smallest absolute Gasteiger partial charge is 0.265 e. The Kier molecular flexibility index (Phi) is 5.83. The van der Waals surface area contributed by atoms with E-state index in [1.807, 2.05) is 13.8 Å². The Bertz CT molecular complexity index is 819. The lowest BCUT2D eigenvalue weighted by Gasteiger charge is -2.40. The summed E-state index contributed by atoms with van der Waals surface area (Å²) in [5.41, 5.74) is 2.62. The molecule has 150 valence electrons.